The van der Waals surface area contributed by atoms with Gasteiger partial charge in [0.05, 0.1) is 13.2 Å². The van der Waals surface area contributed by atoms with Crippen LogP contribution in [0.3, 0.4) is 0 Å². The zero-order valence-corrected chi connectivity index (χ0v) is 8.75. The summed E-state index contributed by atoms with van der Waals surface area (Å²) in [6.45, 7) is 5.53. The van der Waals surface area contributed by atoms with E-state index >= 15 is 0 Å². The molecule has 0 aliphatic heterocycles. The average Bonchev–Trinajstić information content (AvgIpc) is 2.20. The lowest BCUT2D eigenvalue weighted by Crippen LogP contribution is -2.29. The maximum absolute atomic E-state index is 9.13. The summed E-state index contributed by atoms with van der Waals surface area (Å²) in [5.41, 5.74) is -0.295. The third kappa shape index (κ3) is 4.60. The SMILES string of the molecule is CCOCCCC(CC)(CO)CO. The fourth-order valence-electron chi connectivity index (χ4n) is 1.30. The van der Waals surface area contributed by atoms with Gasteiger partial charge < -0.3 is 14.9 Å². The molecule has 0 aromatic heterocycles. The average molecular weight is 190 g/mol. The number of hydrogen-bond acceptors (Lipinski definition) is 3. The summed E-state index contributed by atoms with van der Waals surface area (Å²) < 4.78 is 5.20. The van der Waals surface area contributed by atoms with Crippen molar-refractivity contribution in [2.45, 2.75) is 33.1 Å². The maximum atomic E-state index is 9.13. The van der Waals surface area contributed by atoms with Crippen molar-refractivity contribution >= 4 is 0 Å². The van der Waals surface area contributed by atoms with E-state index in [0.29, 0.717) is 0 Å². The van der Waals surface area contributed by atoms with Crippen molar-refractivity contribution in [2.24, 2.45) is 5.41 Å². The molecule has 0 radical (unpaired) electrons. The molecule has 13 heavy (non-hydrogen) atoms. The molecule has 0 unspecified atom stereocenters. The van der Waals surface area contributed by atoms with Gasteiger partial charge in [-0.2, -0.15) is 0 Å². The molecule has 0 amide bonds. The van der Waals surface area contributed by atoms with Gasteiger partial charge in [-0.3, -0.25) is 0 Å². The summed E-state index contributed by atoms with van der Waals surface area (Å²) in [6, 6.07) is 0. The first kappa shape index (κ1) is 12.9. The number of hydrogen-bond donors (Lipinski definition) is 2. The Labute approximate surface area is 80.7 Å². The van der Waals surface area contributed by atoms with Crippen LogP contribution in [-0.2, 0) is 4.74 Å². The summed E-state index contributed by atoms with van der Waals surface area (Å²) in [5.74, 6) is 0. The molecule has 0 fully saturated rings. The smallest absolute Gasteiger partial charge is 0.0509 e. The van der Waals surface area contributed by atoms with E-state index in [0.717, 1.165) is 32.5 Å². The Hall–Kier alpha value is -0.120. The molecule has 0 bridgehead atoms. The molecule has 0 spiro atoms. The zero-order valence-electron chi connectivity index (χ0n) is 8.75. The van der Waals surface area contributed by atoms with Crippen LogP contribution in [0.25, 0.3) is 0 Å². The van der Waals surface area contributed by atoms with Crippen molar-refractivity contribution in [2.75, 3.05) is 26.4 Å². The van der Waals surface area contributed by atoms with E-state index in [1.54, 1.807) is 0 Å². The van der Waals surface area contributed by atoms with Gasteiger partial charge in [0.25, 0.3) is 0 Å². The molecule has 0 aromatic carbocycles. The molecule has 3 heteroatoms. The van der Waals surface area contributed by atoms with Crippen LogP contribution in [0, 0.1) is 5.41 Å². The largest absolute Gasteiger partial charge is 0.396 e. The van der Waals surface area contributed by atoms with Crippen molar-refractivity contribution in [1.29, 1.82) is 0 Å². The van der Waals surface area contributed by atoms with E-state index in [9.17, 15) is 0 Å². The highest BCUT2D eigenvalue weighted by molar-refractivity contribution is 4.75. The van der Waals surface area contributed by atoms with Gasteiger partial charge in [0.15, 0.2) is 0 Å². The van der Waals surface area contributed by atoms with Gasteiger partial charge in [-0.15, -0.1) is 0 Å². The molecule has 0 aliphatic rings. The van der Waals surface area contributed by atoms with Crippen molar-refractivity contribution in [3.63, 3.8) is 0 Å². The van der Waals surface area contributed by atoms with Gasteiger partial charge in [-0.25, -0.2) is 0 Å². The van der Waals surface area contributed by atoms with E-state index in [2.05, 4.69) is 0 Å². The van der Waals surface area contributed by atoms with E-state index in [-0.39, 0.29) is 18.6 Å². The second kappa shape index (κ2) is 7.30. The molecule has 0 atom stereocenters. The standard InChI is InChI=1S/C10H22O3/c1-3-10(8-11,9-12)6-5-7-13-4-2/h11-12H,3-9H2,1-2H3. The van der Waals surface area contributed by atoms with Crippen LogP contribution in [0.5, 0.6) is 0 Å². The van der Waals surface area contributed by atoms with Crippen LogP contribution in [0.2, 0.25) is 0 Å². The first-order valence-electron chi connectivity index (χ1n) is 5.04. The third-order valence-electron chi connectivity index (χ3n) is 2.62. The highest BCUT2D eigenvalue weighted by Crippen LogP contribution is 2.26. The van der Waals surface area contributed by atoms with Crippen LogP contribution in [0.1, 0.15) is 33.1 Å². The minimum atomic E-state index is -0.295. The molecule has 0 saturated carbocycles. The normalized spacial score (nSPS) is 12.0. The number of aliphatic hydroxyl groups excluding tert-OH is 2. The molecule has 0 saturated heterocycles. The molecule has 3 nitrogen and oxygen atoms in total. The monoisotopic (exact) mass is 190 g/mol. The van der Waals surface area contributed by atoms with Crippen LogP contribution in [0.4, 0.5) is 0 Å². The van der Waals surface area contributed by atoms with E-state index in [1.165, 1.54) is 0 Å². The molecular weight excluding hydrogens is 168 g/mol. The third-order valence-corrected chi connectivity index (χ3v) is 2.62. The first-order valence-corrected chi connectivity index (χ1v) is 5.04. The molecule has 2 N–H and O–H groups in total. The predicted octanol–water partition coefficient (Wildman–Crippen LogP) is 1.18. The van der Waals surface area contributed by atoms with Crippen LogP contribution < -0.4 is 0 Å². The number of ether oxygens (including phenoxy) is 1. The fraction of sp³-hybridized carbons (Fsp3) is 1.00. The number of aliphatic hydroxyl groups is 2. The summed E-state index contributed by atoms with van der Waals surface area (Å²) in [7, 11) is 0. The van der Waals surface area contributed by atoms with E-state index in [1.807, 2.05) is 13.8 Å². The maximum Gasteiger partial charge on any atom is 0.0509 e. The van der Waals surface area contributed by atoms with Crippen LogP contribution >= 0.6 is 0 Å². The Morgan fingerprint density at radius 1 is 1.15 bits per heavy atom. The molecule has 0 aromatic rings. The van der Waals surface area contributed by atoms with E-state index in [4.69, 9.17) is 14.9 Å². The summed E-state index contributed by atoms with van der Waals surface area (Å²) in [5, 5.41) is 18.3. The Kier molecular flexibility index (Phi) is 7.23. The van der Waals surface area contributed by atoms with Gasteiger partial charge in [-0.05, 0) is 26.2 Å². The lowest BCUT2D eigenvalue weighted by Gasteiger charge is -2.28. The fourth-order valence-corrected chi connectivity index (χ4v) is 1.30. The summed E-state index contributed by atoms with van der Waals surface area (Å²) in [6.07, 6.45) is 2.55. The molecule has 80 valence electrons. The number of rotatable bonds is 8. The van der Waals surface area contributed by atoms with Crippen LogP contribution in [-0.4, -0.2) is 36.6 Å². The quantitative estimate of drug-likeness (QED) is 0.565. The van der Waals surface area contributed by atoms with E-state index < -0.39 is 0 Å². The first-order chi connectivity index (χ1) is 6.24. The molecule has 0 rings (SSSR count). The Bertz CT molecular complexity index is 102. The lowest BCUT2D eigenvalue weighted by molar-refractivity contribution is 0.0331. The van der Waals surface area contributed by atoms with Gasteiger partial charge in [0, 0.05) is 18.6 Å². The lowest BCUT2D eigenvalue weighted by atomic mass is 9.82. The van der Waals surface area contributed by atoms with Gasteiger partial charge >= 0.3 is 0 Å². The van der Waals surface area contributed by atoms with Gasteiger partial charge in [0.1, 0.15) is 0 Å². The topological polar surface area (TPSA) is 49.7 Å². The Balaban J connectivity index is 3.68. The zero-order chi connectivity index (χ0) is 10.2. The Morgan fingerprint density at radius 3 is 2.15 bits per heavy atom. The highest BCUT2D eigenvalue weighted by atomic mass is 16.5. The Morgan fingerprint density at radius 2 is 1.77 bits per heavy atom. The summed E-state index contributed by atoms with van der Waals surface area (Å²) >= 11 is 0. The van der Waals surface area contributed by atoms with Crippen molar-refractivity contribution < 1.29 is 14.9 Å². The summed E-state index contributed by atoms with van der Waals surface area (Å²) in [4.78, 5) is 0. The predicted molar refractivity (Wildman–Crippen MR) is 52.6 cm³/mol. The van der Waals surface area contributed by atoms with Gasteiger partial charge in [-0.1, -0.05) is 6.92 Å². The van der Waals surface area contributed by atoms with Crippen molar-refractivity contribution in [1.82, 2.24) is 0 Å². The van der Waals surface area contributed by atoms with Crippen molar-refractivity contribution in [3.05, 3.63) is 0 Å². The van der Waals surface area contributed by atoms with Crippen molar-refractivity contribution in [3.8, 4) is 0 Å². The second-order valence-electron chi connectivity index (χ2n) is 3.47. The van der Waals surface area contributed by atoms with Gasteiger partial charge in [0.2, 0.25) is 0 Å². The minimum Gasteiger partial charge on any atom is -0.396 e. The second-order valence-corrected chi connectivity index (χ2v) is 3.47. The molecule has 0 heterocycles. The molecular formula is C10H22O3. The van der Waals surface area contributed by atoms with Crippen LogP contribution in [0.15, 0.2) is 0 Å². The highest BCUT2D eigenvalue weighted by Gasteiger charge is 2.25. The molecule has 0 aliphatic carbocycles. The minimum absolute atomic E-state index is 0.0616.